The van der Waals surface area contributed by atoms with Crippen LogP contribution in [-0.4, -0.2) is 32.8 Å². The lowest BCUT2D eigenvalue weighted by molar-refractivity contribution is -0.303. The van der Waals surface area contributed by atoms with E-state index in [1.807, 2.05) is 19.9 Å². The zero-order valence-corrected chi connectivity index (χ0v) is 15.3. The lowest BCUT2D eigenvalue weighted by Gasteiger charge is -2.64. The van der Waals surface area contributed by atoms with Crippen LogP contribution in [0.3, 0.4) is 0 Å². The van der Waals surface area contributed by atoms with E-state index in [0.717, 1.165) is 12.8 Å². The normalized spacial score (nSPS) is 38.5. The van der Waals surface area contributed by atoms with Gasteiger partial charge in [0.05, 0.1) is 11.5 Å². The Balaban J connectivity index is 2.05. The average molecular weight is 348 g/mol. The molecule has 138 valence electrons. The van der Waals surface area contributed by atoms with E-state index >= 15 is 0 Å². The molecule has 2 bridgehead atoms. The standard InChI is InChI=1S/C20H28O5/c1-9(2)10-8-11-12(14(22)13(10)21)20-7-5-6-19(3,4)17(20)15(23)16(11)25-18(20)24/h8-9,15-18,21-24H,5-7H2,1-4H3/t15-,16+,17-,18?,20-/m0/s1. The summed E-state index contributed by atoms with van der Waals surface area (Å²) >= 11 is 0. The maximum atomic E-state index is 11.1. The van der Waals surface area contributed by atoms with E-state index < -0.39 is 23.9 Å². The largest absolute Gasteiger partial charge is 0.504 e. The number of ether oxygens (including phenoxy) is 1. The van der Waals surface area contributed by atoms with E-state index in [9.17, 15) is 20.4 Å². The van der Waals surface area contributed by atoms with Crippen LogP contribution in [-0.2, 0) is 10.2 Å². The van der Waals surface area contributed by atoms with Crippen LogP contribution in [0.5, 0.6) is 11.5 Å². The molecule has 4 N–H and O–H groups in total. The molecule has 1 spiro atoms. The Morgan fingerprint density at radius 3 is 2.44 bits per heavy atom. The summed E-state index contributed by atoms with van der Waals surface area (Å²) in [7, 11) is 0. The topological polar surface area (TPSA) is 90.2 Å². The maximum absolute atomic E-state index is 11.1. The number of rotatable bonds is 1. The van der Waals surface area contributed by atoms with Gasteiger partial charge in [-0.3, -0.25) is 0 Å². The minimum atomic E-state index is -1.09. The molecule has 5 atom stereocenters. The van der Waals surface area contributed by atoms with Gasteiger partial charge in [0.15, 0.2) is 17.8 Å². The van der Waals surface area contributed by atoms with Crippen LogP contribution in [0.1, 0.15) is 75.7 Å². The van der Waals surface area contributed by atoms with Crippen molar-refractivity contribution in [3.05, 3.63) is 22.8 Å². The number of aliphatic hydroxyl groups is 2. The maximum Gasteiger partial charge on any atom is 0.165 e. The van der Waals surface area contributed by atoms with Gasteiger partial charge in [0, 0.05) is 17.0 Å². The molecule has 0 aromatic heterocycles. The Labute approximate surface area is 148 Å². The lowest BCUT2D eigenvalue weighted by atomic mass is 9.46. The molecular formula is C20H28O5. The van der Waals surface area contributed by atoms with Gasteiger partial charge < -0.3 is 25.2 Å². The summed E-state index contributed by atoms with van der Waals surface area (Å²) in [4.78, 5) is 0. The van der Waals surface area contributed by atoms with Crippen molar-refractivity contribution in [2.24, 2.45) is 11.3 Å². The Morgan fingerprint density at radius 2 is 1.80 bits per heavy atom. The van der Waals surface area contributed by atoms with Gasteiger partial charge >= 0.3 is 0 Å². The van der Waals surface area contributed by atoms with Gasteiger partial charge in [0.2, 0.25) is 0 Å². The van der Waals surface area contributed by atoms with E-state index in [2.05, 4.69) is 13.8 Å². The van der Waals surface area contributed by atoms with E-state index in [-0.39, 0.29) is 28.7 Å². The van der Waals surface area contributed by atoms with E-state index in [4.69, 9.17) is 4.74 Å². The molecule has 2 aliphatic heterocycles. The third-order valence-corrected chi connectivity index (χ3v) is 6.90. The predicted octanol–water partition coefficient (Wildman–Crippen LogP) is 3.05. The van der Waals surface area contributed by atoms with Gasteiger partial charge in [0.25, 0.3) is 0 Å². The van der Waals surface area contributed by atoms with Crippen molar-refractivity contribution in [2.45, 2.75) is 76.8 Å². The van der Waals surface area contributed by atoms with Gasteiger partial charge in [0.1, 0.15) is 6.10 Å². The smallest absolute Gasteiger partial charge is 0.165 e. The SMILES string of the molecule is CC(C)c1cc2c(c(O)c1O)[C@@]13CCCC(C)(C)[C@@H]1[C@@H](O)[C@@H]2OC3O. The molecule has 5 heteroatoms. The second kappa shape index (κ2) is 5.12. The van der Waals surface area contributed by atoms with Crippen molar-refractivity contribution >= 4 is 0 Å². The van der Waals surface area contributed by atoms with Gasteiger partial charge in [-0.15, -0.1) is 0 Å². The summed E-state index contributed by atoms with van der Waals surface area (Å²) in [6.07, 6.45) is -0.0799. The molecule has 4 aliphatic rings. The quantitative estimate of drug-likeness (QED) is 0.586. The summed E-state index contributed by atoms with van der Waals surface area (Å²) < 4.78 is 5.82. The van der Waals surface area contributed by atoms with Crippen LogP contribution >= 0.6 is 0 Å². The number of phenols is 2. The van der Waals surface area contributed by atoms with Crippen LogP contribution in [0.4, 0.5) is 0 Å². The fourth-order valence-electron chi connectivity index (χ4n) is 5.92. The van der Waals surface area contributed by atoms with Crippen molar-refractivity contribution in [2.75, 3.05) is 0 Å². The Hall–Kier alpha value is -1.30. The molecule has 1 aromatic carbocycles. The molecule has 5 rings (SSSR count). The molecule has 25 heavy (non-hydrogen) atoms. The average Bonchev–Trinajstić information content (AvgIpc) is 2.51. The van der Waals surface area contributed by atoms with Crippen LogP contribution in [0.25, 0.3) is 0 Å². The summed E-state index contributed by atoms with van der Waals surface area (Å²) in [5, 5.41) is 43.4. The van der Waals surface area contributed by atoms with Crippen molar-refractivity contribution in [1.82, 2.24) is 0 Å². The van der Waals surface area contributed by atoms with Crippen molar-refractivity contribution < 1.29 is 25.2 Å². The highest BCUT2D eigenvalue weighted by Gasteiger charge is 2.67. The first kappa shape index (κ1) is 17.1. The molecule has 1 unspecified atom stereocenters. The zero-order valence-electron chi connectivity index (χ0n) is 15.3. The van der Waals surface area contributed by atoms with Crippen LogP contribution in [0, 0.1) is 11.3 Å². The first-order valence-electron chi connectivity index (χ1n) is 9.23. The third kappa shape index (κ3) is 1.95. The second-order valence-corrected chi connectivity index (χ2v) is 9.04. The minimum absolute atomic E-state index is 0.0230. The van der Waals surface area contributed by atoms with Gasteiger partial charge in [-0.1, -0.05) is 34.1 Å². The van der Waals surface area contributed by atoms with Gasteiger partial charge in [-0.2, -0.15) is 0 Å². The first-order chi connectivity index (χ1) is 11.6. The molecular weight excluding hydrogens is 320 g/mol. The molecule has 2 fully saturated rings. The summed E-state index contributed by atoms with van der Waals surface area (Å²) in [5.41, 5.74) is 0.850. The highest BCUT2D eigenvalue weighted by Crippen LogP contribution is 2.67. The molecule has 0 amide bonds. The van der Waals surface area contributed by atoms with Crippen LogP contribution in [0.15, 0.2) is 6.07 Å². The van der Waals surface area contributed by atoms with Crippen LogP contribution < -0.4 is 0 Å². The van der Waals surface area contributed by atoms with E-state index in [1.165, 1.54) is 0 Å². The minimum Gasteiger partial charge on any atom is -0.504 e. The zero-order chi connectivity index (χ0) is 18.3. The fraction of sp³-hybridized carbons (Fsp3) is 0.700. The van der Waals surface area contributed by atoms with Crippen LogP contribution in [0.2, 0.25) is 0 Å². The number of fused-ring (bicyclic) bond motifs is 1. The molecule has 1 saturated heterocycles. The second-order valence-electron chi connectivity index (χ2n) is 9.04. The van der Waals surface area contributed by atoms with Gasteiger partial charge in [-0.05, 0) is 35.8 Å². The van der Waals surface area contributed by atoms with Crippen molar-refractivity contribution in [3.8, 4) is 11.5 Å². The number of benzene rings is 1. The molecule has 1 saturated carbocycles. The predicted molar refractivity (Wildman–Crippen MR) is 92.5 cm³/mol. The number of aliphatic hydroxyl groups excluding tert-OH is 2. The molecule has 5 nitrogen and oxygen atoms in total. The number of phenolic OH excluding ortho intramolecular Hbond substituents is 2. The Bertz CT molecular complexity index is 725. The Kier molecular flexibility index (Phi) is 3.51. The number of hydrogen-bond acceptors (Lipinski definition) is 5. The Morgan fingerprint density at radius 1 is 1.12 bits per heavy atom. The summed E-state index contributed by atoms with van der Waals surface area (Å²) in [6.45, 7) is 8.10. The highest BCUT2D eigenvalue weighted by atomic mass is 16.6. The highest BCUT2D eigenvalue weighted by molar-refractivity contribution is 5.61. The summed E-state index contributed by atoms with van der Waals surface area (Å²) in [5.74, 6) is -0.470. The molecule has 2 heterocycles. The van der Waals surface area contributed by atoms with E-state index in [1.54, 1.807) is 0 Å². The first-order valence-corrected chi connectivity index (χ1v) is 9.23. The lowest BCUT2D eigenvalue weighted by Crippen LogP contribution is -2.67. The molecule has 1 aromatic rings. The molecule has 0 radical (unpaired) electrons. The van der Waals surface area contributed by atoms with E-state index in [0.29, 0.717) is 23.1 Å². The van der Waals surface area contributed by atoms with Gasteiger partial charge in [-0.25, -0.2) is 0 Å². The third-order valence-electron chi connectivity index (χ3n) is 6.90. The monoisotopic (exact) mass is 348 g/mol. The van der Waals surface area contributed by atoms with Crippen molar-refractivity contribution in [3.63, 3.8) is 0 Å². The fourth-order valence-corrected chi connectivity index (χ4v) is 5.92. The number of hydrogen-bond donors (Lipinski definition) is 4. The van der Waals surface area contributed by atoms with Crippen molar-refractivity contribution in [1.29, 1.82) is 0 Å². The number of aromatic hydroxyl groups is 2. The molecule has 2 aliphatic carbocycles. The summed E-state index contributed by atoms with van der Waals surface area (Å²) in [6, 6.07) is 1.84.